The standard InChI is InChI=1S/C20H19Cl2N5OS/c21-12-8-15-19(26-18(12)22)27(10-23-15)9-11-5-6-14-17(7-11)29-20(25-14)24-13-3-1-2-4-16(13)28/h5-8,10,13,16,28H,1-4,9H2,(H,24,25)/t13-,16-/m1/s1. The van der Waals surface area contributed by atoms with Gasteiger partial charge in [0.25, 0.3) is 0 Å². The third-order valence-corrected chi connectivity index (χ3v) is 6.97. The van der Waals surface area contributed by atoms with E-state index in [1.807, 2.05) is 10.6 Å². The largest absolute Gasteiger partial charge is 0.391 e. The van der Waals surface area contributed by atoms with Gasteiger partial charge in [-0.3, -0.25) is 0 Å². The summed E-state index contributed by atoms with van der Waals surface area (Å²) in [6.07, 6.45) is 5.53. The van der Waals surface area contributed by atoms with Crippen LogP contribution in [-0.2, 0) is 6.54 Å². The molecule has 6 nitrogen and oxygen atoms in total. The van der Waals surface area contributed by atoms with Crippen LogP contribution >= 0.6 is 34.5 Å². The monoisotopic (exact) mass is 447 g/mol. The minimum Gasteiger partial charge on any atom is -0.391 e. The number of nitrogens with one attached hydrogen (secondary N) is 1. The Hall–Kier alpha value is -1.93. The molecule has 0 aliphatic heterocycles. The number of aliphatic hydroxyl groups is 1. The number of halogens is 2. The van der Waals surface area contributed by atoms with Crippen LogP contribution in [0.15, 0.2) is 30.6 Å². The molecule has 150 valence electrons. The number of fused-ring (bicyclic) bond motifs is 2. The maximum Gasteiger partial charge on any atom is 0.184 e. The highest BCUT2D eigenvalue weighted by atomic mass is 35.5. The number of hydrogen-bond donors (Lipinski definition) is 2. The van der Waals surface area contributed by atoms with Gasteiger partial charge in [0, 0.05) is 0 Å². The van der Waals surface area contributed by atoms with Gasteiger partial charge in [-0.2, -0.15) is 0 Å². The number of pyridine rings is 1. The van der Waals surface area contributed by atoms with Crippen LogP contribution in [0.25, 0.3) is 21.4 Å². The van der Waals surface area contributed by atoms with Crippen molar-refractivity contribution in [1.29, 1.82) is 0 Å². The fraction of sp³-hybridized carbons (Fsp3) is 0.350. The van der Waals surface area contributed by atoms with Gasteiger partial charge in [0.15, 0.2) is 10.8 Å². The first kappa shape index (κ1) is 19.1. The summed E-state index contributed by atoms with van der Waals surface area (Å²) in [7, 11) is 0. The van der Waals surface area contributed by atoms with Gasteiger partial charge in [-0.15, -0.1) is 0 Å². The maximum atomic E-state index is 10.2. The summed E-state index contributed by atoms with van der Waals surface area (Å²) >= 11 is 13.7. The predicted molar refractivity (Wildman–Crippen MR) is 118 cm³/mol. The van der Waals surface area contributed by atoms with Gasteiger partial charge in [0.05, 0.1) is 40.3 Å². The van der Waals surface area contributed by atoms with Crippen molar-refractivity contribution in [3.05, 3.63) is 46.3 Å². The number of thiazole rings is 1. The van der Waals surface area contributed by atoms with Gasteiger partial charge in [-0.25, -0.2) is 15.0 Å². The van der Waals surface area contributed by atoms with Gasteiger partial charge in [0.2, 0.25) is 0 Å². The van der Waals surface area contributed by atoms with Crippen molar-refractivity contribution in [2.24, 2.45) is 0 Å². The van der Waals surface area contributed by atoms with E-state index in [9.17, 15) is 5.11 Å². The molecule has 1 fully saturated rings. The van der Waals surface area contributed by atoms with Crippen molar-refractivity contribution in [3.63, 3.8) is 0 Å². The quantitative estimate of drug-likeness (QED) is 0.425. The van der Waals surface area contributed by atoms with E-state index >= 15 is 0 Å². The zero-order chi connectivity index (χ0) is 20.0. The van der Waals surface area contributed by atoms with E-state index in [0.29, 0.717) is 17.2 Å². The van der Waals surface area contributed by atoms with E-state index in [4.69, 9.17) is 23.2 Å². The first-order valence-corrected chi connectivity index (χ1v) is 11.1. The Kier molecular flexibility index (Phi) is 5.07. The third kappa shape index (κ3) is 3.80. The Morgan fingerprint density at radius 2 is 2.00 bits per heavy atom. The molecule has 3 aromatic heterocycles. The zero-order valence-electron chi connectivity index (χ0n) is 15.5. The fourth-order valence-corrected chi connectivity index (χ4v) is 5.09. The minimum absolute atomic E-state index is 0.0868. The maximum absolute atomic E-state index is 10.2. The molecule has 1 saturated carbocycles. The summed E-state index contributed by atoms with van der Waals surface area (Å²) in [4.78, 5) is 13.4. The zero-order valence-corrected chi connectivity index (χ0v) is 17.8. The molecule has 2 atom stereocenters. The normalized spacial score (nSPS) is 19.8. The molecule has 0 spiro atoms. The molecule has 0 radical (unpaired) electrons. The summed E-state index contributed by atoms with van der Waals surface area (Å²) in [6, 6.07) is 8.04. The Morgan fingerprint density at radius 3 is 2.86 bits per heavy atom. The lowest BCUT2D eigenvalue weighted by Crippen LogP contribution is -2.36. The van der Waals surface area contributed by atoms with Crippen LogP contribution in [0, 0.1) is 0 Å². The van der Waals surface area contributed by atoms with Crippen molar-refractivity contribution < 1.29 is 5.11 Å². The predicted octanol–water partition coefficient (Wildman–Crippen LogP) is 5.11. The van der Waals surface area contributed by atoms with E-state index in [0.717, 1.165) is 52.1 Å². The molecular weight excluding hydrogens is 429 g/mol. The Morgan fingerprint density at radius 1 is 1.14 bits per heavy atom. The molecule has 1 aliphatic carbocycles. The second-order valence-electron chi connectivity index (χ2n) is 7.40. The highest BCUT2D eigenvalue weighted by molar-refractivity contribution is 7.22. The van der Waals surface area contributed by atoms with Crippen molar-refractivity contribution >= 4 is 61.1 Å². The number of aromatic nitrogens is 4. The molecular formula is C20H19Cl2N5OS. The molecule has 0 bridgehead atoms. The third-order valence-electron chi connectivity index (χ3n) is 5.35. The van der Waals surface area contributed by atoms with Gasteiger partial charge in [0.1, 0.15) is 10.7 Å². The first-order chi connectivity index (χ1) is 14.1. The second-order valence-corrected chi connectivity index (χ2v) is 9.20. The molecule has 0 saturated heterocycles. The van der Waals surface area contributed by atoms with Crippen LogP contribution in [0.5, 0.6) is 0 Å². The summed E-state index contributed by atoms with van der Waals surface area (Å²) in [5.41, 5.74) is 3.50. The molecule has 1 aromatic carbocycles. The van der Waals surface area contributed by atoms with E-state index in [1.54, 1.807) is 23.7 Å². The van der Waals surface area contributed by atoms with E-state index in [2.05, 4.69) is 32.4 Å². The average Bonchev–Trinajstić information content (AvgIpc) is 3.27. The number of benzene rings is 1. The number of rotatable bonds is 4. The van der Waals surface area contributed by atoms with Crippen molar-refractivity contribution in [3.8, 4) is 0 Å². The average molecular weight is 448 g/mol. The van der Waals surface area contributed by atoms with Gasteiger partial charge >= 0.3 is 0 Å². The molecule has 4 aromatic rings. The highest BCUT2D eigenvalue weighted by Crippen LogP contribution is 2.30. The van der Waals surface area contributed by atoms with Crippen molar-refractivity contribution in [2.45, 2.75) is 44.4 Å². The summed E-state index contributed by atoms with van der Waals surface area (Å²) in [5.74, 6) is 0. The Labute approximate surface area is 181 Å². The number of hydrogen-bond acceptors (Lipinski definition) is 6. The van der Waals surface area contributed by atoms with Crippen LogP contribution in [0.2, 0.25) is 10.2 Å². The first-order valence-electron chi connectivity index (χ1n) is 9.58. The van der Waals surface area contributed by atoms with E-state index in [-0.39, 0.29) is 17.3 Å². The van der Waals surface area contributed by atoms with Crippen LogP contribution in [0.4, 0.5) is 5.13 Å². The molecule has 29 heavy (non-hydrogen) atoms. The van der Waals surface area contributed by atoms with Crippen LogP contribution in [0.3, 0.4) is 0 Å². The number of anilines is 1. The minimum atomic E-state index is -0.298. The fourth-order valence-electron chi connectivity index (χ4n) is 3.82. The second kappa shape index (κ2) is 7.72. The SMILES string of the molecule is O[C@@H]1CCCC[C@H]1Nc1nc2ccc(Cn3cnc4cc(Cl)c(Cl)nc43)cc2s1. The van der Waals surface area contributed by atoms with Crippen LogP contribution in [0.1, 0.15) is 31.2 Å². The van der Waals surface area contributed by atoms with Gasteiger partial charge in [-0.1, -0.05) is 53.4 Å². The Bertz CT molecular complexity index is 1190. The van der Waals surface area contributed by atoms with E-state index < -0.39 is 0 Å². The van der Waals surface area contributed by atoms with Crippen molar-refractivity contribution in [2.75, 3.05) is 5.32 Å². The van der Waals surface area contributed by atoms with Crippen LogP contribution in [-0.4, -0.2) is 36.8 Å². The van der Waals surface area contributed by atoms with Gasteiger partial charge in [-0.05, 0) is 36.6 Å². The summed E-state index contributed by atoms with van der Waals surface area (Å²) in [6.45, 7) is 0.624. The molecule has 0 amide bonds. The smallest absolute Gasteiger partial charge is 0.184 e. The molecule has 1 aliphatic rings. The van der Waals surface area contributed by atoms with E-state index in [1.165, 1.54) is 0 Å². The molecule has 3 heterocycles. The molecule has 9 heteroatoms. The van der Waals surface area contributed by atoms with Crippen molar-refractivity contribution in [1.82, 2.24) is 19.5 Å². The summed E-state index contributed by atoms with van der Waals surface area (Å²) < 4.78 is 3.06. The lowest BCUT2D eigenvalue weighted by Gasteiger charge is -2.27. The number of aliphatic hydroxyl groups excluding tert-OH is 1. The lowest BCUT2D eigenvalue weighted by atomic mass is 9.93. The number of nitrogens with zero attached hydrogens (tertiary/aromatic N) is 4. The lowest BCUT2D eigenvalue weighted by molar-refractivity contribution is 0.116. The molecule has 2 N–H and O–H groups in total. The molecule has 0 unspecified atom stereocenters. The van der Waals surface area contributed by atoms with Gasteiger partial charge < -0.3 is 15.0 Å². The highest BCUT2D eigenvalue weighted by Gasteiger charge is 2.23. The Balaban J connectivity index is 1.39. The molecule has 5 rings (SSSR count). The topological polar surface area (TPSA) is 75.9 Å². The summed E-state index contributed by atoms with van der Waals surface area (Å²) in [5, 5.41) is 15.2. The number of imidazole rings is 1. The van der Waals surface area contributed by atoms with Crippen LogP contribution < -0.4 is 5.32 Å².